The molecule has 0 aliphatic carbocycles. The molecule has 0 bridgehead atoms. The predicted octanol–water partition coefficient (Wildman–Crippen LogP) is 3.72. The van der Waals surface area contributed by atoms with Crippen LogP contribution in [0.5, 0.6) is 0 Å². The highest BCUT2D eigenvalue weighted by atomic mass is 79.9. The van der Waals surface area contributed by atoms with Crippen LogP contribution in [0.3, 0.4) is 0 Å². The lowest BCUT2D eigenvalue weighted by atomic mass is 10.1. The first-order chi connectivity index (χ1) is 9.16. The van der Waals surface area contributed by atoms with Gasteiger partial charge in [-0.15, -0.1) is 6.58 Å². The minimum absolute atomic E-state index is 0.409. The second kappa shape index (κ2) is 6.15. The number of fused-ring (bicyclic) bond motifs is 1. The molecular formula is C15H16BrNO2. The molecule has 19 heavy (non-hydrogen) atoms. The summed E-state index contributed by atoms with van der Waals surface area (Å²) in [5.41, 5.74) is 1.23. The van der Waals surface area contributed by atoms with Crippen LogP contribution in [0.1, 0.15) is 36.0 Å². The Kier molecular flexibility index (Phi) is 4.53. The van der Waals surface area contributed by atoms with Crippen molar-refractivity contribution in [2.45, 2.75) is 25.7 Å². The molecule has 3 nitrogen and oxygen atoms in total. The summed E-state index contributed by atoms with van der Waals surface area (Å²) in [5.74, 6) is -0.820. The van der Waals surface area contributed by atoms with Gasteiger partial charge in [0.05, 0.1) is 11.3 Å². The zero-order chi connectivity index (χ0) is 13.8. The van der Waals surface area contributed by atoms with Crippen LogP contribution in [-0.4, -0.2) is 18.2 Å². The first kappa shape index (κ1) is 14.0. The maximum absolute atomic E-state index is 12.0. The summed E-state index contributed by atoms with van der Waals surface area (Å²) in [7, 11) is 0. The molecule has 1 amide bonds. The number of ketones is 1. The fourth-order valence-corrected chi connectivity index (χ4v) is 2.79. The summed E-state index contributed by atoms with van der Waals surface area (Å²) < 4.78 is 0.692. The van der Waals surface area contributed by atoms with Gasteiger partial charge in [0.1, 0.15) is 0 Å². The molecule has 0 fully saturated rings. The molecule has 0 N–H and O–H groups in total. The summed E-state index contributed by atoms with van der Waals surface area (Å²) >= 11 is 3.33. The number of hydrogen-bond acceptors (Lipinski definition) is 2. The second-order valence-corrected chi connectivity index (χ2v) is 5.41. The molecule has 4 heteroatoms. The fraction of sp³-hybridized carbons (Fsp3) is 0.333. The first-order valence-corrected chi connectivity index (χ1v) is 7.21. The number of nitrogens with zero attached hydrogens (tertiary/aromatic N) is 1. The van der Waals surface area contributed by atoms with Gasteiger partial charge in [0.25, 0.3) is 11.7 Å². The zero-order valence-electron chi connectivity index (χ0n) is 10.7. The Morgan fingerprint density at radius 2 is 2.00 bits per heavy atom. The van der Waals surface area contributed by atoms with Crippen molar-refractivity contribution in [1.29, 1.82) is 0 Å². The van der Waals surface area contributed by atoms with E-state index in [0.29, 0.717) is 16.6 Å². The Morgan fingerprint density at radius 1 is 1.21 bits per heavy atom. The maximum atomic E-state index is 12.0. The van der Waals surface area contributed by atoms with Gasteiger partial charge in [0.2, 0.25) is 0 Å². The van der Waals surface area contributed by atoms with E-state index in [0.717, 1.165) is 31.4 Å². The van der Waals surface area contributed by atoms with E-state index in [2.05, 4.69) is 22.5 Å². The number of carbonyl (C=O) groups is 2. The van der Waals surface area contributed by atoms with E-state index in [1.54, 1.807) is 11.0 Å². The minimum atomic E-state index is -0.411. The van der Waals surface area contributed by atoms with Gasteiger partial charge in [0, 0.05) is 11.0 Å². The molecule has 0 atom stereocenters. The summed E-state index contributed by atoms with van der Waals surface area (Å²) in [5, 5.41) is 0. The number of carbonyl (C=O) groups excluding carboxylic acids is 2. The third kappa shape index (κ3) is 2.78. The Bertz CT molecular complexity index is 525. The largest absolute Gasteiger partial charge is 0.305 e. The van der Waals surface area contributed by atoms with E-state index < -0.39 is 11.7 Å². The van der Waals surface area contributed by atoms with Crippen molar-refractivity contribution in [2.24, 2.45) is 0 Å². The number of benzene rings is 1. The number of Topliss-reactive ketones (excluding diaryl/α,β-unsaturated/α-hetero) is 1. The van der Waals surface area contributed by atoms with Gasteiger partial charge in [-0.25, -0.2) is 0 Å². The standard InChI is InChI=1S/C15H16BrNO2/c1-2-3-4-5-6-10-17-12-9-7-8-11(16)13(12)14(18)15(17)19/h2,7-9H,1,3-6,10H2. The molecule has 1 heterocycles. The Labute approximate surface area is 121 Å². The van der Waals surface area contributed by atoms with E-state index in [9.17, 15) is 9.59 Å². The maximum Gasteiger partial charge on any atom is 0.299 e. The average Bonchev–Trinajstić information content (AvgIpc) is 2.64. The van der Waals surface area contributed by atoms with Crippen LogP contribution in [0.4, 0.5) is 5.69 Å². The predicted molar refractivity (Wildman–Crippen MR) is 79.5 cm³/mol. The highest BCUT2D eigenvalue weighted by Crippen LogP contribution is 2.34. The molecule has 0 spiro atoms. The normalized spacial score (nSPS) is 13.8. The van der Waals surface area contributed by atoms with Crippen LogP contribution in [0.25, 0.3) is 0 Å². The fourth-order valence-electron chi connectivity index (χ4n) is 2.26. The van der Waals surface area contributed by atoms with Gasteiger partial charge in [-0.2, -0.15) is 0 Å². The topological polar surface area (TPSA) is 37.4 Å². The van der Waals surface area contributed by atoms with Gasteiger partial charge >= 0.3 is 0 Å². The van der Waals surface area contributed by atoms with Gasteiger partial charge in [-0.1, -0.05) is 18.6 Å². The van der Waals surface area contributed by atoms with Crippen molar-refractivity contribution in [1.82, 2.24) is 0 Å². The average molecular weight is 322 g/mol. The van der Waals surface area contributed by atoms with Crippen molar-refractivity contribution in [2.75, 3.05) is 11.4 Å². The lowest BCUT2D eigenvalue weighted by Gasteiger charge is -2.16. The molecule has 1 aromatic carbocycles. The number of allylic oxidation sites excluding steroid dienone is 1. The monoisotopic (exact) mass is 321 g/mol. The molecule has 2 rings (SSSR count). The number of unbranched alkanes of at least 4 members (excludes halogenated alkanes) is 3. The van der Waals surface area contributed by atoms with Crippen molar-refractivity contribution in [3.63, 3.8) is 0 Å². The third-order valence-electron chi connectivity index (χ3n) is 3.24. The Morgan fingerprint density at radius 3 is 2.74 bits per heavy atom. The van der Waals surface area contributed by atoms with Gasteiger partial charge in [-0.3, -0.25) is 9.59 Å². The number of rotatable bonds is 6. The first-order valence-electron chi connectivity index (χ1n) is 6.42. The highest BCUT2D eigenvalue weighted by molar-refractivity contribution is 9.10. The number of amides is 1. The molecule has 0 unspecified atom stereocenters. The van der Waals surface area contributed by atoms with E-state index in [1.165, 1.54) is 0 Å². The van der Waals surface area contributed by atoms with Crippen LogP contribution < -0.4 is 4.90 Å². The minimum Gasteiger partial charge on any atom is -0.305 e. The van der Waals surface area contributed by atoms with Crippen LogP contribution in [0.2, 0.25) is 0 Å². The molecule has 1 aromatic rings. The van der Waals surface area contributed by atoms with E-state index >= 15 is 0 Å². The lowest BCUT2D eigenvalue weighted by molar-refractivity contribution is -0.114. The molecule has 0 saturated carbocycles. The van der Waals surface area contributed by atoms with E-state index in [4.69, 9.17) is 0 Å². The van der Waals surface area contributed by atoms with Crippen LogP contribution >= 0.6 is 15.9 Å². The summed E-state index contributed by atoms with van der Waals surface area (Å²) in [6.07, 6.45) is 5.91. The Balaban J connectivity index is 2.07. The van der Waals surface area contributed by atoms with Crippen molar-refractivity contribution in [3.05, 3.63) is 40.9 Å². The number of anilines is 1. The molecule has 0 saturated heterocycles. The van der Waals surface area contributed by atoms with Crippen LogP contribution in [-0.2, 0) is 4.79 Å². The second-order valence-electron chi connectivity index (χ2n) is 4.56. The van der Waals surface area contributed by atoms with Crippen LogP contribution in [0.15, 0.2) is 35.3 Å². The van der Waals surface area contributed by atoms with E-state index in [-0.39, 0.29) is 0 Å². The summed E-state index contributed by atoms with van der Waals surface area (Å²) in [6.45, 7) is 4.29. The Hall–Kier alpha value is -1.42. The highest BCUT2D eigenvalue weighted by Gasteiger charge is 2.36. The number of hydrogen-bond donors (Lipinski definition) is 0. The summed E-state index contributed by atoms with van der Waals surface area (Å²) in [4.78, 5) is 25.5. The number of halogens is 1. The summed E-state index contributed by atoms with van der Waals surface area (Å²) in [6, 6.07) is 5.46. The molecule has 1 aliphatic heterocycles. The van der Waals surface area contributed by atoms with Crippen molar-refractivity contribution >= 4 is 33.3 Å². The molecule has 100 valence electrons. The lowest BCUT2D eigenvalue weighted by Crippen LogP contribution is -2.30. The zero-order valence-corrected chi connectivity index (χ0v) is 12.3. The third-order valence-corrected chi connectivity index (χ3v) is 3.90. The molecular weight excluding hydrogens is 306 g/mol. The van der Waals surface area contributed by atoms with Gasteiger partial charge < -0.3 is 4.90 Å². The SMILES string of the molecule is C=CCCCCCN1C(=O)C(=O)c2c(Br)cccc21. The molecule has 0 aromatic heterocycles. The van der Waals surface area contributed by atoms with Gasteiger partial charge in [0.15, 0.2) is 0 Å². The van der Waals surface area contributed by atoms with E-state index in [1.807, 2.05) is 18.2 Å². The van der Waals surface area contributed by atoms with Gasteiger partial charge in [-0.05, 0) is 47.3 Å². The van der Waals surface area contributed by atoms with Crippen LogP contribution in [0, 0.1) is 0 Å². The molecule has 0 radical (unpaired) electrons. The van der Waals surface area contributed by atoms with Crippen molar-refractivity contribution < 1.29 is 9.59 Å². The van der Waals surface area contributed by atoms with Crippen molar-refractivity contribution in [3.8, 4) is 0 Å². The molecule has 1 aliphatic rings. The smallest absolute Gasteiger partial charge is 0.299 e. The quantitative estimate of drug-likeness (QED) is 0.455.